The molecule has 8 nitrogen and oxygen atoms in total. The summed E-state index contributed by atoms with van der Waals surface area (Å²) in [6.07, 6.45) is 1.55. The highest BCUT2D eigenvalue weighted by Gasteiger charge is 2.33. The van der Waals surface area contributed by atoms with Crippen molar-refractivity contribution in [1.82, 2.24) is 10.7 Å². The Balaban J connectivity index is 1.71. The van der Waals surface area contributed by atoms with Gasteiger partial charge in [0.15, 0.2) is 6.29 Å². The lowest BCUT2D eigenvalue weighted by molar-refractivity contribution is -0.129. The van der Waals surface area contributed by atoms with Crippen LogP contribution < -0.4 is 21.5 Å². The topological polar surface area (TPSA) is 106 Å². The molecule has 8 heteroatoms. The van der Waals surface area contributed by atoms with Crippen molar-refractivity contribution >= 4 is 17.5 Å². The molecule has 0 aliphatic carbocycles. The summed E-state index contributed by atoms with van der Waals surface area (Å²) < 4.78 is 10.6. The minimum Gasteiger partial charge on any atom is -0.360 e. The molecule has 2 atom stereocenters. The number of nitrogens with zero attached hydrogens (tertiary/aromatic N) is 1. The van der Waals surface area contributed by atoms with E-state index >= 15 is 0 Å². The van der Waals surface area contributed by atoms with E-state index in [9.17, 15) is 9.59 Å². The Kier molecular flexibility index (Phi) is 8.00. The molecule has 2 amide bonds. The number of hydrogen-bond donors (Lipinski definition) is 3. The molecule has 1 aliphatic rings. The molecular formula is C23H30N4O4. The summed E-state index contributed by atoms with van der Waals surface area (Å²) in [6.45, 7) is 0.766. The van der Waals surface area contributed by atoms with Crippen LogP contribution in [-0.4, -0.2) is 44.7 Å². The number of nitrogens with two attached hydrogens (primary N) is 1. The second-order valence-corrected chi connectivity index (χ2v) is 7.51. The van der Waals surface area contributed by atoms with Crippen LogP contribution in [0.25, 0.3) is 0 Å². The van der Waals surface area contributed by atoms with Gasteiger partial charge in [0.05, 0.1) is 0 Å². The summed E-state index contributed by atoms with van der Waals surface area (Å²) in [7, 11) is 3.18. The Morgan fingerprint density at radius 2 is 1.77 bits per heavy atom. The number of carbonyl (C=O) groups excluding carboxylic acids is 2. The average Bonchev–Trinajstić information content (AvgIpc) is 3.30. The molecule has 0 unspecified atom stereocenters. The SMILES string of the molecule is COC(OC)c1ccc(N2CCC[C@H]2C(=O)N[C@@H](Cc2ccccc2)C(=O)NN)cc1. The summed E-state index contributed by atoms with van der Waals surface area (Å²) >= 11 is 0. The minimum atomic E-state index is -0.742. The predicted molar refractivity (Wildman–Crippen MR) is 118 cm³/mol. The fourth-order valence-electron chi connectivity index (χ4n) is 3.97. The molecule has 1 fully saturated rings. The number of hydrazine groups is 1. The normalized spacial score (nSPS) is 16.9. The van der Waals surface area contributed by atoms with Crippen molar-refractivity contribution < 1.29 is 19.1 Å². The van der Waals surface area contributed by atoms with Crippen LogP contribution >= 0.6 is 0 Å². The van der Waals surface area contributed by atoms with E-state index in [4.69, 9.17) is 15.3 Å². The summed E-state index contributed by atoms with van der Waals surface area (Å²) in [5.74, 6) is 4.75. The predicted octanol–water partition coefficient (Wildman–Crippen LogP) is 1.66. The number of amides is 2. The lowest BCUT2D eigenvalue weighted by atomic mass is 10.0. The molecule has 2 aromatic carbocycles. The Morgan fingerprint density at radius 3 is 2.39 bits per heavy atom. The van der Waals surface area contributed by atoms with Crippen LogP contribution in [0.3, 0.4) is 0 Å². The van der Waals surface area contributed by atoms with Crippen molar-refractivity contribution in [3.05, 3.63) is 65.7 Å². The van der Waals surface area contributed by atoms with Crippen molar-refractivity contribution in [1.29, 1.82) is 0 Å². The van der Waals surface area contributed by atoms with Gasteiger partial charge < -0.3 is 19.7 Å². The summed E-state index contributed by atoms with van der Waals surface area (Å²) in [4.78, 5) is 27.5. The molecule has 166 valence electrons. The second-order valence-electron chi connectivity index (χ2n) is 7.51. The number of rotatable bonds is 9. The number of carbonyl (C=O) groups is 2. The van der Waals surface area contributed by atoms with E-state index in [0.717, 1.165) is 29.8 Å². The van der Waals surface area contributed by atoms with Gasteiger partial charge in [-0.05, 0) is 30.5 Å². The third-order valence-corrected chi connectivity index (χ3v) is 5.54. The van der Waals surface area contributed by atoms with Gasteiger partial charge in [0.25, 0.3) is 5.91 Å². The third-order valence-electron chi connectivity index (χ3n) is 5.54. The number of hydrogen-bond acceptors (Lipinski definition) is 6. The van der Waals surface area contributed by atoms with Gasteiger partial charge >= 0.3 is 0 Å². The fraction of sp³-hybridized carbons (Fsp3) is 0.391. The lowest BCUT2D eigenvalue weighted by Crippen LogP contribution is -2.54. The van der Waals surface area contributed by atoms with Crippen molar-refractivity contribution in [2.75, 3.05) is 25.7 Å². The quantitative estimate of drug-likeness (QED) is 0.244. The van der Waals surface area contributed by atoms with Crippen molar-refractivity contribution in [2.24, 2.45) is 5.84 Å². The smallest absolute Gasteiger partial charge is 0.256 e. The molecule has 0 spiro atoms. The molecule has 2 aromatic rings. The van der Waals surface area contributed by atoms with Gasteiger partial charge in [-0.25, -0.2) is 5.84 Å². The first-order chi connectivity index (χ1) is 15.1. The van der Waals surface area contributed by atoms with Crippen LogP contribution in [-0.2, 0) is 25.5 Å². The van der Waals surface area contributed by atoms with E-state index in [2.05, 4.69) is 15.6 Å². The second kappa shape index (κ2) is 10.9. The Bertz CT molecular complexity index is 856. The van der Waals surface area contributed by atoms with E-state index in [0.29, 0.717) is 12.8 Å². The van der Waals surface area contributed by atoms with E-state index < -0.39 is 18.2 Å². The Labute approximate surface area is 182 Å². The zero-order valence-electron chi connectivity index (χ0n) is 17.9. The van der Waals surface area contributed by atoms with Crippen LogP contribution in [0, 0.1) is 0 Å². The van der Waals surface area contributed by atoms with E-state index in [1.54, 1.807) is 14.2 Å². The molecule has 1 heterocycles. The number of nitrogens with one attached hydrogen (secondary N) is 2. The van der Waals surface area contributed by atoms with Gasteiger partial charge in [-0.1, -0.05) is 42.5 Å². The van der Waals surface area contributed by atoms with E-state index in [-0.39, 0.29) is 11.9 Å². The summed E-state index contributed by atoms with van der Waals surface area (Å²) in [5, 5.41) is 2.89. The van der Waals surface area contributed by atoms with Gasteiger partial charge in [-0.15, -0.1) is 0 Å². The van der Waals surface area contributed by atoms with Crippen LogP contribution in [0.4, 0.5) is 5.69 Å². The standard InChI is InChI=1S/C23H30N4O4/c1-30-23(31-2)17-10-12-18(13-11-17)27-14-6-9-20(27)22(29)25-19(21(28)26-24)15-16-7-4-3-5-8-16/h3-5,7-8,10-13,19-20,23H,6,9,14-15,24H2,1-2H3,(H,25,29)(H,26,28)/t19-,20-/m0/s1. The minimum absolute atomic E-state index is 0.183. The lowest BCUT2D eigenvalue weighted by Gasteiger charge is -2.28. The number of methoxy groups -OCH3 is 2. The van der Waals surface area contributed by atoms with Gasteiger partial charge in [-0.2, -0.15) is 0 Å². The van der Waals surface area contributed by atoms with Crippen molar-refractivity contribution in [2.45, 2.75) is 37.6 Å². The van der Waals surface area contributed by atoms with Gasteiger partial charge in [0.2, 0.25) is 5.91 Å². The highest BCUT2D eigenvalue weighted by molar-refractivity contribution is 5.91. The van der Waals surface area contributed by atoms with Crippen molar-refractivity contribution in [3.63, 3.8) is 0 Å². The highest BCUT2D eigenvalue weighted by atomic mass is 16.7. The van der Waals surface area contributed by atoms with E-state index in [1.165, 1.54) is 0 Å². The molecule has 0 bridgehead atoms. The van der Waals surface area contributed by atoms with Crippen LogP contribution in [0.1, 0.15) is 30.3 Å². The summed E-state index contributed by atoms with van der Waals surface area (Å²) in [5.41, 5.74) is 4.95. The van der Waals surface area contributed by atoms with E-state index in [1.807, 2.05) is 54.6 Å². The number of ether oxygens (including phenoxy) is 2. The molecule has 1 saturated heterocycles. The molecule has 0 aromatic heterocycles. The molecule has 0 radical (unpaired) electrons. The first kappa shape index (κ1) is 22.7. The molecule has 3 rings (SSSR count). The molecule has 31 heavy (non-hydrogen) atoms. The first-order valence-electron chi connectivity index (χ1n) is 10.3. The molecule has 4 N–H and O–H groups in total. The van der Waals surface area contributed by atoms with Crippen LogP contribution in [0.2, 0.25) is 0 Å². The number of benzene rings is 2. The van der Waals surface area contributed by atoms with Crippen LogP contribution in [0.5, 0.6) is 0 Å². The average molecular weight is 427 g/mol. The Morgan fingerprint density at radius 1 is 1.10 bits per heavy atom. The first-order valence-corrected chi connectivity index (χ1v) is 10.3. The maximum Gasteiger partial charge on any atom is 0.256 e. The highest BCUT2D eigenvalue weighted by Crippen LogP contribution is 2.28. The molecular weight excluding hydrogens is 396 g/mol. The number of anilines is 1. The fourth-order valence-corrected chi connectivity index (χ4v) is 3.97. The van der Waals surface area contributed by atoms with Gasteiger partial charge in [0.1, 0.15) is 12.1 Å². The summed E-state index contributed by atoms with van der Waals surface area (Å²) in [6, 6.07) is 16.2. The molecule has 1 aliphatic heterocycles. The maximum absolute atomic E-state index is 13.1. The molecule has 0 saturated carbocycles. The third kappa shape index (κ3) is 5.61. The van der Waals surface area contributed by atoms with Crippen LogP contribution in [0.15, 0.2) is 54.6 Å². The zero-order chi connectivity index (χ0) is 22.2. The van der Waals surface area contributed by atoms with Gasteiger partial charge in [0, 0.05) is 38.4 Å². The Hall–Kier alpha value is -2.94. The largest absolute Gasteiger partial charge is 0.360 e. The maximum atomic E-state index is 13.1. The monoisotopic (exact) mass is 426 g/mol. The van der Waals surface area contributed by atoms with Crippen molar-refractivity contribution in [3.8, 4) is 0 Å². The zero-order valence-corrected chi connectivity index (χ0v) is 17.9. The van der Waals surface area contributed by atoms with Gasteiger partial charge in [-0.3, -0.25) is 15.0 Å².